The third-order valence-corrected chi connectivity index (χ3v) is 3.45. The van der Waals surface area contributed by atoms with Crippen LogP contribution < -0.4 is 0 Å². The van der Waals surface area contributed by atoms with Crippen LogP contribution in [0.25, 0.3) is 0 Å². The van der Waals surface area contributed by atoms with Crippen LogP contribution in [0.1, 0.15) is 47.0 Å². The Morgan fingerprint density at radius 2 is 2.12 bits per heavy atom. The fourth-order valence-corrected chi connectivity index (χ4v) is 2.77. The molecular weight excluding hydrogens is 205 g/mol. The topological polar surface area (TPSA) is 12.5 Å². The molecule has 0 bridgehead atoms. The van der Waals surface area contributed by atoms with E-state index in [0.29, 0.717) is 19.6 Å². The molecule has 0 aliphatic carbocycles. The van der Waals surface area contributed by atoms with Crippen molar-refractivity contribution in [3.05, 3.63) is 0 Å². The minimum Gasteiger partial charge on any atom is -0.377 e. The van der Waals surface area contributed by atoms with Crippen LogP contribution in [-0.2, 0) is 4.74 Å². The molecular formula is C13H26FNO. The summed E-state index contributed by atoms with van der Waals surface area (Å²) >= 11 is 0. The van der Waals surface area contributed by atoms with Crippen LogP contribution in [0.2, 0.25) is 0 Å². The minimum atomic E-state index is -0.633. The lowest BCUT2D eigenvalue weighted by atomic mass is 9.95. The van der Waals surface area contributed by atoms with Crippen molar-refractivity contribution in [2.75, 3.05) is 19.7 Å². The SMILES string of the molecule is CC.CC(C)OCC12CCCN1CC(F)C2. The maximum Gasteiger partial charge on any atom is 0.115 e. The molecule has 2 aliphatic heterocycles. The molecule has 0 amide bonds. The molecule has 2 unspecified atom stereocenters. The Balaban J connectivity index is 0.000000606. The standard InChI is InChI=1S/C11H20FNO.C2H6/c1-9(2)14-8-11-4-3-5-13(11)7-10(12)6-11;1-2/h9-10H,3-8H2,1-2H3;1-2H3. The molecule has 2 aliphatic rings. The third-order valence-electron chi connectivity index (χ3n) is 3.45. The molecule has 2 fully saturated rings. The first-order chi connectivity index (χ1) is 7.62. The first-order valence-corrected chi connectivity index (χ1v) is 6.63. The number of nitrogens with zero attached hydrogens (tertiary/aromatic N) is 1. The largest absolute Gasteiger partial charge is 0.377 e. The monoisotopic (exact) mass is 231 g/mol. The van der Waals surface area contributed by atoms with E-state index in [9.17, 15) is 4.39 Å². The van der Waals surface area contributed by atoms with E-state index in [-0.39, 0.29) is 11.6 Å². The van der Waals surface area contributed by atoms with Gasteiger partial charge in [-0.3, -0.25) is 4.90 Å². The van der Waals surface area contributed by atoms with Crippen molar-refractivity contribution < 1.29 is 9.13 Å². The molecule has 16 heavy (non-hydrogen) atoms. The van der Waals surface area contributed by atoms with Crippen LogP contribution >= 0.6 is 0 Å². The summed E-state index contributed by atoms with van der Waals surface area (Å²) in [5, 5.41) is 0. The molecule has 0 spiro atoms. The summed E-state index contributed by atoms with van der Waals surface area (Å²) < 4.78 is 19.0. The lowest BCUT2D eigenvalue weighted by molar-refractivity contribution is 0.00276. The van der Waals surface area contributed by atoms with E-state index in [1.165, 1.54) is 6.42 Å². The van der Waals surface area contributed by atoms with Crippen molar-refractivity contribution in [2.45, 2.75) is 64.8 Å². The van der Waals surface area contributed by atoms with Gasteiger partial charge in [-0.1, -0.05) is 13.8 Å². The van der Waals surface area contributed by atoms with Gasteiger partial charge in [0.15, 0.2) is 0 Å². The zero-order chi connectivity index (χ0) is 12.2. The predicted octanol–water partition coefficient (Wildman–Crippen LogP) is 3.01. The summed E-state index contributed by atoms with van der Waals surface area (Å²) in [4.78, 5) is 2.29. The Kier molecular flexibility index (Phi) is 5.19. The van der Waals surface area contributed by atoms with E-state index < -0.39 is 6.17 Å². The first-order valence-electron chi connectivity index (χ1n) is 6.63. The molecule has 2 atom stereocenters. The van der Waals surface area contributed by atoms with E-state index >= 15 is 0 Å². The number of alkyl halides is 1. The molecule has 0 saturated carbocycles. The summed E-state index contributed by atoms with van der Waals surface area (Å²) in [7, 11) is 0. The zero-order valence-corrected chi connectivity index (χ0v) is 11.1. The van der Waals surface area contributed by atoms with Gasteiger partial charge in [-0.15, -0.1) is 0 Å². The van der Waals surface area contributed by atoms with E-state index in [1.807, 2.05) is 27.7 Å². The summed E-state index contributed by atoms with van der Waals surface area (Å²) in [6.45, 7) is 10.5. The maximum atomic E-state index is 13.3. The van der Waals surface area contributed by atoms with E-state index in [4.69, 9.17) is 4.74 Å². The van der Waals surface area contributed by atoms with Crippen LogP contribution in [0.15, 0.2) is 0 Å². The highest BCUT2D eigenvalue weighted by atomic mass is 19.1. The van der Waals surface area contributed by atoms with Gasteiger partial charge in [0.1, 0.15) is 6.17 Å². The Labute approximate surface area is 99.2 Å². The highest BCUT2D eigenvalue weighted by molar-refractivity contribution is 5.03. The molecule has 0 aromatic heterocycles. The Bertz CT molecular complexity index is 210. The molecule has 2 rings (SSSR count). The van der Waals surface area contributed by atoms with Gasteiger partial charge in [0.2, 0.25) is 0 Å². The smallest absolute Gasteiger partial charge is 0.115 e. The summed E-state index contributed by atoms with van der Waals surface area (Å²) in [5.41, 5.74) is 0.0453. The second-order valence-corrected chi connectivity index (χ2v) is 4.94. The van der Waals surface area contributed by atoms with Crippen LogP contribution in [0.5, 0.6) is 0 Å². The van der Waals surface area contributed by atoms with E-state index in [0.717, 1.165) is 13.0 Å². The highest BCUT2D eigenvalue weighted by Crippen LogP contribution is 2.40. The molecule has 2 heterocycles. The van der Waals surface area contributed by atoms with Crippen molar-refractivity contribution in [2.24, 2.45) is 0 Å². The lowest BCUT2D eigenvalue weighted by Gasteiger charge is -2.32. The van der Waals surface area contributed by atoms with Crippen molar-refractivity contribution in [3.63, 3.8) is 0 Å². The normalized spacial score (nSPS) is 33.8. The van der Waals surface area contributed by atoms with Crippen LogP contribution in [-0.4, -0.2) is 42.4 Å². The maximum absolute atomic E-state index is 13.3. The van der Waals surface area contributed by atoms with Crippen molar-refractivity contribution in [1.29, 1.82) is 0 Å². The third kappa shape index (κ3) is 2.95. The molecule has 3 heteroatoms. The number of hydrogen-bond donors (Lipinski definition) is 0. The van der Waals surface area contributed by atoms with Gasteiger partial charge in [-0.2, -0.15) is 0 Å². The molecule has 0 N–H and O–H groups in total. The van der Waals surface area contributed by atoms with Crippen LogP contribution in [0, 0.1) is 0 Å². The van der Waals surface area contributed by atoms with Gasteiger partial charge >= 0.3 is 0 Å². The fourth-order valence-electron chi connectivity index (χ4n) is 2.77. The van der Waals surface area contributed by atoms with Gasteiger partial charge in [-0.25, -0.2) is 4.39 Å². The summed E-state index contributed by atoms with van der Waals surface area (Å²) in [5.74, 6) is 0. The van der Waals surface area contributed by atoms with Crippen molar-refractivity contribution >= 4 is 0 Å². The van der Waals surface area contributed by atoms with Gasteiger partial charge < -0.3 is 4.74 Å². The molecule has 0 aromatic carbocycles. The zero-order valence-electron chi connectivity index (χ0n) is 11.1. The van der Waals surface area contributed by atoms with Gasteiger partial charge in [-0.05, 0) is 33.2 Å². The van der Waals surface area contributed by atoms with E-state index in [2.05, 4.69) is 4.90 Å². The number of fused-ring (bicyclic) bond motifs is 1. The van der Waals surface area contributed by atoms with Gasteiger partial charge in [0.05, 0.1) is 12.7 Å². The Hall–Kier alpha value is -0.150. The number of rotatable bonds is 3. The Morgan fingerprint density at radius 3 is 2.75 bits per heavy atom. The quantitative estimate of drug-likeness (QED) is 0.740. The van der Waals surface area contributed by atoms with Crippen molar-refractivity contribution in [1.82, 2.24) is 4.90 Å². The first kappa shape index (κ1) is 13.9. The fraction of sp³-hybridized carbons (Fsp3) is 1.00. The predicted molar refractivity (Wildman–Crippen MR) is 65.5 cm³/mol. The number of halogens is 1. The second-order valence-electron chi connectivity index (χ2n) is 4.94. The van der Waals surface area contributed by atoms with Gasteiger partial charge in [0, 0.05) is 18.5 Å². The van der Waals surface area contributed by atoms with E-state index in [1.54, 1.807) is 0 Å². The summed E-state index contributed by atoms with van der Waals surface area (Å²) in [6, 6.07) is 0. The lowest BCUT2D eigenvalue weighted by Crippen LogP contribution is -2.43. The molecule has 96 valence electrons. The van der Waals surface area contributed by atoms with Crippen molar-refractivity contribution in [3.8, 4) is 0 Å². The minimum absolute atomic E-state index is 0.0453. The number of ether oxygens (including phenoxy) is 1. The summed E-state index contributed by atoms with van der Waals surface area (Å²) in [6.07, 6.45) is 2.62. The average molecular weight is 231 g/mol. The average Bonchev–Trinajstić information content (AvgIpc) is 2.74. The molecule has 0 radical (unpaired) electrons. The molecule has 2 nitrogen and oxygen atoms in total. The van der Waals surface area contributed by atoms with Crippen LogP contribution in [0.4, 0.5) is 4.39 Å². The second kappa shape index (κ2) is 5.97. The highest BCUT2D eigenvalue weighted by Gasteiger charge is 2.48. The Morgan fingerprint density at radius 1 is 1.44 bits per heavy atom. The molecule has 0 aromatic rings. The van der Waals surface area contributed by atoms with Crippen LogP contribution in [0.3, 0.4) is 0 Å². The van der Waals surface area contributed by atoms with Gasteiger partial charge in [0.25, 0.3) is 0 Å². The number of hydrogen-bond acceptors (Lipinski definition) is 2. The molecule has 2 saturated heterocycles.